The predicted octanol–water partition coefficient (Wildman–Crippen LogP) is 2.38. The van der Waals surface area contributed by atoms with Gasteiger partial charge in [0.2, 0.25) is 0 Å². The molecule has 1 aromatic carbocycles. The summed E-state index contributed by atoms with van der Waals surface area (Å²) in [6.45, 7) is 5.06. The van der Waals surface area contributed by atoms with Crippen molar-refractivity contribution >= 4 is 17.4 Å². The molecule has 0 unspecified atom stereocenters. The van der Waals surface area contributed by atoms with Gasteiger partial charge in [0, 0.05) is 26.7 Å². The van der Waals surface area contributed by atoms with Crippen LogP contribution >= 0.6 is 0 Å². The first-order chi connectivity index (χ1) is 12.0. The number of urea groups is 1. The lowest BCUT2D eigenvalue weighted by molar-refractivity contribution is 0.0339. The Balaban J connectivity index is 1.64. The van der Waals surface area contributed by atoms with Crippen LogP contribution in [0.5, 0.6) is 0 Å². The van der Waals surface area contributed by atoms with E-state index < -0.39 is 0 Å². The maximum Gasteiger partial charge on any atom is 0.322 e. The third-order valence-corrected chi connectivity index (χ3v) is 4.60. The van der Waals surface area contributed by atoms with E-state index in [1.807, 2.05) is 14.0 Å². The number of amides is 2. The molecular formula is C18H26FN3O3. The fraction of sp³-hybridized carbons (Fsp3) is 0.611. The highest BCUT2D eigenvalue weighted by Gasteiger charge is 2.25. The number of nitrogens with zero attached hydrogens (tertiary/aromatic N) is 2. The molecule has 6 nitrogen and oxygen atoms in total. The van der Waals surface area contributed by atoms with Crippen LogP contribution in [-0.2, 0) is 9.47 Å². The second-order valence-corrected chi connectivity index (χ2v) is 6.73. The van der Waals surface area contributed by atoms with Crippen LogP contribution in [-0.4, -0.2) is 58.1 Å². The molecule has 1 N–H and O–H groups in total. The van der Waals surface area contributed by atoms with Crippen molar-refractivity contribution in [2.24, 2.45) is 0 Å². The van der Waals surface area contributed by atoms with Crippen LogP contribution in [0.3, 0.4) is 0 Å². The molecule has 138 valence electrons. The van der Waals surface area contributed by atoms with Gasteiger partial charge in [0.15, 0.2) is 0 Å². The largest absolute Gasteiger partial charge is 0.379 e. The minimum Gasteiger partial charge on any atom is -0.379 e. The fourth-order valence-electron chi connectivity index (χ4n) is 3.21. The lowest BCUT2D eigenvalue weighted by Crippen LogP contribution is -2.46. The minimum absolute atomic E-state index is 0.112. The van der Waals surface area contributed by atoms with Crippen molar-refractivity contribution in [1.29, 1.82) is 0 Å². The van der Waals surface area contributed by atoms with Crippen LogP contribution in [0.25, 0.3) is 0 Å². The van der Waals surface area contributed by atoms with E-state index in [1.54, 1.807) is 11.0 Å². The zero-order chi connectivity index (χ0) is 17.8. The summed E-state index contributed by atoms with van der Waals surface area (Å²) < 4.78 is 24.8. The molecule has 2 amide bonds. The van der Waals surface area contributed by atoms with Crippen molar-refractivity contribution in [1.82, 2.24) is 5.32 Å². The van der Waals surface area contributed by atoms with Gasteiger partial charge in [-0.05, 0) is 38.0 Å². The number of rotatable bonds is 4. The Labute approximate surface area is 147 Å². The van der Waals surface area contributed by atoms with E-state index in [-0.39, 0.29) is 24.0 Å². The van der Waals surface area contributed by atoms with E-state index in [0.29, 0.717) is 25.4 Å². The van der Waals surface area contributed by atoms with Gasteiger partial charge < -0.3 is 19.7 Å². The molecule has 3 rings (SSSR count). The maximum atomic E-state index is 13.7. The van der Waals surface area contributed by atoms with Gasteiger partial charge in [-0.3, -0.25) is 4.90 Å². The number of fused-ring (bicyclic) bond motifs is 1. The third-order valence-electron chi connectivity index (χ3n) is 4.60. The quantitative estimate of drug-likeness (QED) is 0.905. The Hall–Kier alpha value is -1.86. The Morgan fingerprint density at radius 1 is 1.44 bits per heavy atom. The van der Waals surface area contributed by atoms with Crippen molar-refractivity contribution in [3.63, 3.8) is 0 Å². The summed E-state index contributed by atoms with van der Waals surface area (Å²) in [6, 6.07) is 4.22. The standard InChI is InChI=1S/C18H26FN3O3/c1-13(11-25-15-6-9-24-12-15)20-18(23)22-8-3-7-21(2)16-5-4-14(19)10-17(16)22/h4-5,10,13,15H,3,6-9,11-12H2,1-2H3,(H,20,23)/t13-,15+/m1/s1. The van der Waals surface area contributed by atoms with E-state index in [9.17, 15) is 9.18 Å². The van der Waals surface area contributed by atoms with Crippen LogP contribution < -0.4 is 15.1 Å². The zero-order valence-corrected chi connectivity index (χ0v) is 14.8. The van der Waals surface area contributed by atoms with Gasteiger partial charge in [-0.25, -0.2) is 9.18 Å². The number of carbonyl (C=O) groups is 1. The summed E-state index contributed by atoms with van der Waals surface area (Å²) in [7, 11) is 1.96. The fourth-order valence-corrected chi connectivity index (χ4v) is 3.21. The first-order valence-corrected chi connectivity index (χ1v) is 8.82. The number of benzene rings is 1. The van der Waals surface area contributed by atoms with Crippen LogP contribution in [0.1, 0.15) is 19.8 Å². The number of ether oxygens (including phenoxy) is 2. The van der Waals surface area contributed by atoms with E-state index in [1.165, 1.54) is 12.1 Å². The van der Waals surface area contributed by atoms with Gasteiger partial charge in [-0.1, -0.05) is 0 Å². The molecule has 0 aliphatic carbocycles. The van der Waals surface area contributed by atoms with Gasteiger partial charge in [0.25, 0.3) is 0 Å². The molecule has 25 heavy (non-hydrogen) atoms. The summed E-state index contributed by atoms with van der Waals surface area (Å²) in [5, 5.41) is 2.96. The minimum atomic E-state index is -0.343. The van der Waals surface area contributed by atoms with Gasteiger partial charge in [-0.2, -0.15) is 0 Å². The summed E-state index contributed by atoms with van der Waals surface area (Å²) in [6.07, 6.45) is 1.83. The predicted molar refractivity (Wildman–Crippen MR) is 94.8 cm³/mol. The second kappa shape index (κ2) is 8.01. The lowest BCUT2D eigenvalue weighted by atomic mass is 10.2. The third kappa shape index (κ3) is 4.41. The smallest absolute Gasteiger partial charge is 0.322 e. The average molecular weight is 351 g/mol. The summed E-state index contributed by atoms with van der Waals surface area (Å²) in [5.74, 6) is -0.343. The number of hydrogen-bond acceptors (Lipinski definition) is 4. The highest BCUT2D eigenvalue weighted by Crippen LogP contribution is 2.32. The number of nitrogens with one attached hydrogen (secondary N) is 1. The highest BCUT2D eigenvalue weighted by molar-refractivity contribution is 5.96. The SMILES string of the molecule is C[C@H](CO[C@H]1CCOC1)NC(=O)N1CCCN(C)c2ccc(F)cc21. The number of anilines is 2. The first-order valence-electron chi connectivity index (χ1n) is 8.82. The topological polar surface area (TPSA) is 54.0 Å². The van der Waals surface area contributed by atoms with Crippen LogP contribution in [0.2, 0.25) is 0 Å². The monoisotopic (exact) mass is 351 g/mol. The van der Waals surface area contributed by atoms with Crippen molar-refractivity contribution in [3.05, 3.63) is 24.0 Å². The molecule has 2 heterocycles. The second-order valence-electron chi connectivity index (χ2n) is 6.73. The van der Waals surface area contributed by atoms with E-state index in [0.717, 1.165) is 31.7 Å². The molecule has 0 radical (unpaired) electrons. The first kappa shape index (κ1) is 17.9. The van der Waals surface area contributed by atoms with Crippen molar-refractivity contribution in [2.45, 2.75) is 31.9 Å². The van der Waals surface area contributed by atoms with Crippen molar-refractivity contribution in [2.75, 3.05) is 49.8 Å². The summed E-state index contributed by atoms with van der Waals surface area (Å²) >= 11 is 0. The van der Waals surface area contributed by atoms with Crippen LogP contribution in [0.4, 0.5) is 20.6 Å². The molecule has 0 aromatic heterocycles. The van der Waals surface area contributed by atoms with Gasteiger partial charge >= 0.3 is 6.03 Å². The molecule has 7 heteroatoms. The molecule has 0 bridgehead atoms. The van der Waals surface area contributed by atoms with E-state index in [4.69, 9.17) is 9.47 Å². The highest BCUT2D eigenvalue weighted by atomic mass is 19.1. The molecule has 2 aliphatic rings. The van der Waals surface area contributed by atoms with Crippen molar-refractivity contribution in [3.8, 4) is 0 Å². The number of carbonyl (C=O) groups excluding carboxylic acids is 1. The number of halogens is 1. The van der Waals surface area contributed by atoms with E-state index in [2.05, 4.69) is 10.2 Å². The van der Waals surface area contributed by atoms with Crippen LogP contribution in [0, 0.1) is 5.82 Å². The average Bonchev–Trinajstić information content (AvgIpc) is 3.04. The number of hydrogen-bond donors (Lipinski definition) is 1. The van der Waals surface area contributed by atoms with Gasteiger partial charge in [-0.15, -0.1) is 0 Å². The molecule has 2 aliphatic heterocycles. The Bertz CT molecular complexity index is 607. The Kier molecular flexibility index (Phi) is 5.75. The molecule has 2 atom stereocenters. The molecule has 0 spiro atoms. The van der Waals surface area contributed by atoms with Gasteiger partial charge in [0.1, 0.15) is 5.82 Å². The summed E-state index contributed by atoms with van der Waals surface area (Å²) in [5.41, 5.74) is 1.47. The maximum absolute atomic E-state index is 13.7. The van der Waals surface area contributed by atoms with E-state index >= 15 is 0 Å². The Morgan fingerprint density at radius 2 is 2.28 bits per heavy atom. The van der Waals surface area contributed by atoms with Crippen molar-refractivity contribution < 1.29 is 18.7 Å². The van der Waals surface area contributed by atoms with Gasteiger partial charge in [0.05, 0.1) is 36.7 Å². The summed E-state index contributed by atoms with van der Waals surface area (Å²) in [4.78, 5) is 16.4. The normalized spacial score (nSPS) is 21.6. The molecule has 1 saturated heterocycles. The molecule has 0 saturated carbocycles. The molecule has 1 fully saturated rings. The van der Waals surface area contributed by atoms with Crippen LogP contribution in [0.15, 0.2) is 18.2 Å². The lowest BCUT2D eigenvalue weighted by Gasteiger charge is -2.26. The Morgan fingerprint density at radius 3 is 3.04 bits per heavy atom. The zero-order valence-electron chi connectivity index (χ0n) is 14.8. The molecule has 1 aromatic rings. The molecular weight excluding hydrogens is 325 g/mol.